The summed E-state index contributed by atoms with van der Waals surface area (Å²) in [6.45, 7) is 2.55. The fraction of sp³-hybridized carbons (Fsp3) is 0.308. The predicted molar refractivity (Wildman–Crippen MR) is 131 cm³/mol. The quantitative estimate of drug-likeness (QED) is 0.486. The van der Waals surface area contributed by atoms with E-state index >= 15 is 0 Å². The molecule has 9 heteroatoms. The Kier molecular flexibility index (Phi) is 7.67. The minimum Gasteiger partial charge on any atom is -0.493 e. The van der Waals surface area contributed by atoms with Gasteiger partial charge in [0.05, 0.1) is 18.0 Å². The van der Waals surface area contributed by atoms with Crippen molar-refractivity contribution in [3.63, 3.8) is 0 Å². The Morgan fingerprint density at radius 1 is 1.11 bits per heavy atom. The van der Waals surface area contributed by atoms with Crippen molar-refractivity contribution >= 4 is 15.9 Å². The van der Waals surface area contributed by atoms with Gasteiger partial charge in [-0.15, -0.1) is 0 Å². The molecular formula is C26H29N3O5S. The second-order valence-electron chi connectivity index (χ2n) is 8.37. The van der Waals surface area contributed by atoms with Crippen LogP contribution in [0.25, 0.3) is 0 Å². The van der Waals surface area contributed by atoms with Gasteiger partial charge in [0.1, 0.15) is 12.6 Å². The zero-order valence-corrected chi connectivity index (χ0v) is 20.6. The van der Waals surface area contributed by atoms with E-state index in [0.717, 1.165) is 11.1 Å². The van der Waals surface area contributed by atoms with Crippen molar-refractivity contribution in [2.24, 2.45) is 0 Å². The number of pyridine rings is 1. The third kappa shape index (κ3) is 5.63. The topological polar surface area (TPSA) is 97.8 Å². The molecule has 3 aromatic rings. The third-order valence-electron chi connectivity index (χ3n) is 6.05. The van der Waals surface area contributed by atoms with Gasteiger partial charge in [0.2, 0.25) is 15.9 Å². The van der Waals surface area contributed by atoms with Crippen LogP contribution >= 0.6 is 0 Å². The molecule has 1 fully saturated rings. The maximum atomic E-state index is 13.1. The van der Waals surface area contributed by atoms with Gasteiger partial charge in [0.25, 0.3) is 0 Å². The molecule has 0 saturated carbocycles. The number of hydrogen-bond donors (Lipinski definition) is 1. The summed E-state index contributed by atoms with van der Waals surface area (Å²) in [7, 11) is -2.18. The zero-order valence-electron chi connectivity index (χ0n) is 19.8. The number of ether oxygens (including phenoxy) is 2. The highest BCUT2D eigenvalue weighted by Gasteiger charge is 2.39. The predicted octanol–water partition coefficient (Wildman–Crippen LogP) is 3.70. The highest BCUT2D eigenvalue weighted by molar-refractivity contribution is 7.89. The first-order valence-corrected chi connectivity index (χ1v) is 12.9. The summed E-state index contributed by atoms with van der Waals surface area (Å²) in [5.74, 6) is 0.820. The van der Waals surface area contributed by atoms with Gasteiger partial charge < -0.3 is 14.8 Å². The molecule has 2 atom stereocenters. The third-order valence-corrected chi connectivity index (χ3v) is 7.97. The summed E-state index contributed by atoms with van der Waals surface area (Å²) in [4.78, 5) is 17.3. The minimum atomic E-state index is -3.75. The standard InChI is InChI=1S/C26H29N3O5S/c1-19(21-10-11-24(25(17-21)33-2)34-18-20-12-14-27-15-13-20)28-26(30)23-9-6-16-29(23)35(31,32)22-7-4-3-5-8-22/h3-5,7-8,10-15,17,19,23H,6,9,16,18H2,1-2H3,(H,28,30)/t19-,23+/m1/s1. The first kappa shape index (κ1) is 24.7. The molecule has 184 valence electrons. The Labute approximate surface area is 206 Å². The van der Waals surface area contributed by atoms with E-state index in [2.05, 4.69) is 10.3 Å². The van der Waals surface area contributed by atoms with Gasteiger partial charge in [-0.05, 0) is 67.3 Å². The Balaban J connectivity index is 1.44. The molecule has 1 N–H and O–H groups in total. The van der Waals surface area contributed by atoms with Crippen LogP contribution in [0.1, 0.15) is 36.9 Å². The van der Waals surface area contributed by atoms with Gasteiger partial charge in [0, 0.05) is 18.9 Å². The van der Waals surface area contributed by atoms with E-state index in [1.165, 1.54) is 4.31 Å². The minimum absolute atomic E-state index is 0.194. The molecule has 1 aliphatic heterocycles. The van der Waals surface area contributed by atoms with Crippen LogP contribution in [0.4, 0.5) is 0 Å². The molecule has 0 radical (unpaired) electrons. The summed E-state index contributed by atoms with van der Waals surface area (Å²) in [6.07, 6.45) is 4.53. The van der Waals surface area contributed by atoms with E-state index in [1.54, 1.807) is 55.9 Å². The monoisotopic (exact) mass is 495 g/mol. The Morgan fingerprint density at radius 3 is 2.57 bits per heavy atom. The average Bonchev–Trinajstić information content (AvgIpc) is 3.40. The molecule has 1 amide bonds. The number of hydrogen-bond acceptors (Lipinski definition) is 6. The number of carbonyl (C=O) groups excluding carboxylic acids is 1. The summed E-state index contributed by atoms with van der Waals surface area (Å²) in [6, 6.07) is 16.4. The van der Waals surface area contributed by atoms with E-state index in [-0.39, 0.29) is 16.8 Å². The number of nitrogens with one attached hydrogen (secondary N) is 1. The van der Waals surface area contributed by atoms with Crippen LogP contribution in [0.5, 0.6) is 11.5 Å². The largest absolute Gasteiger partial charge is 0.493 e. The number of rotatable bonds is 9. The van der Waals surface area contributed by atoms with Gasteiger partial charge in [-0.25, -0.2) is 8.42 Å². The number of carbonyl (C=O) groups is 1. The first-order chi connectivity index (χ1) is 16.9. The Bertz CT molecular complexity index is 1250. The van der Waals surface area contributed by atoms with Crippen molar-refractivity contribution in [3.05, 3.63) is 84.2 Å². The van der Waals surface area contributed by atoms with Crippen molar-refractivity contribution in [2.45, 2.75) is 43.4 Å². The van der Waals surface area contributed by atoms with Crippen molar-refractivity contribution in [1.29, 1.82) is 0 Å². The lowest BCUT2D eigenvalue weighted by atomic mass is 10.1. The van der Waals surface area contributed by atoms with Crippen molar-refractivity contribution in [3.8, 4) is 11.5 Å². The molecule has 0 unspecified atom stereocenters. The number of nitrogens with zero attached hydrogens (tertiary/aromatic N) is 2. The molecule has 0 aliphatic carbocycles. The van der Waals surface area contributed by atoms with Crippen molar-refractivity contribution in [1.82, 2.24) is 14.6 Å². The smallest absolute Gasteiger partial charge is 0.243 e. The summed E-state index contributed by atoms with van der Waals surface area (Å²) in [5.41, 5.74) is 1.81. The maximum Gasteiger partial charge on any atom is 0.243 e. The van der Waals surface area contributed by atoms with Crippen LogP contribution in [-0.4, -0.2) is 43.3 Å². The van der Waals surface area contributed by atoms with Crippen LogP contribution in [0.2, 0.25) is 0 Å². The normalized spacial score (nSPS) is 17.0. The molecule has 2 aromatic carbocycles. The molecule has 8 nitrogen and oxygen atoms in total. The number of sulfonamides is 1. The first-order valence-electron chi connectivity index (χ1n) is 11.5. The lowest BCUT2D eigenvalue weighted by molar-refractivity contribution is -0.124. The van der Waals surface area contributed by atoms with Gasteiger partial charge >= 0.3 is 0 Å². The zero-order chi connectivity index (χ0) is 24.8. The van der Waals surface area contributed by atoms with Gasteiger partial charge in [-0.1, -0.05) is 24.3 Å². The van der Waals surface area contributed by atoms with Crippen LogP contribution in [-0.2, 0) is 21.4 Å². The molecule has 1 aromatic heterocycles. The maximum absolute atomic E-state index is 13.1. The molecule has 4 rings (SSSR count). The van der Waals surface area contributed by atoms with Crippen LogP contribution in [0.15, 0.2) is 78.0 Å². The average molecular weight is 496 g/mol. The van der Waals surface area contributed by atoms with Gasteiger partial charge in [-0.2, -0.15) is 4.31 Å². The number of methoxy groups -OCH3 is 1. The molecular weight excluding hydrogens is 466 g/mol. The summed E-state index contributed by atoms with van der Waals surface area (Å²) < 4.78 is 38.9. The van der Waals surface area contributed by atoms with Crippen molar-refractivity contribution in [2.75, 3.05) is 13.7 Å². The van der Waals surface area contributed by atoms with E-state index < -0.39 is 16.1 Å². The number of amides is 1. The lowest BCUT2D eigenvalue weighted by Crippen LogP contribution is -2.46. The fourth-order valence-corrected chi connectivity index (χ4v) is 5.80. The molecule has 1 saturated heterocycles. The van der Waals surface area contributed by atoms with Gasteiger partial charge in [0.15, 0.2) is 11.5 Å². The van der Waals surface area contributed by atoms with E-state index in [9.17, 15) is 13.2 Å². The number of benzene rings is 2. The highest BCUT2D eigenvalue weighted by atomic mass is 32.2. The van der Waals surface area contributed by atoms with Gasteiger partial charge in [-0.3, -0.25) is 9.78 Å². The molecule has 0 bridgehead atoms. The van der Waals surface area contributed by atoms with E-state index in [1.807, 2.05) is 31.2 Å². The SMILES string of the molecule is COc1cc([C@@H](C)NC(=O)[C@@H]2CCCN2S(=O)(=O)c2ccccc2)ccc1OCc1ccncc1. The molecule has 35 heavy (non-hydrogen) atoms. The van der Waals surface area contributed by atoms with Crippen molar-refractivity contribution < 1.29 is 22.7 Å². The second-order valence-corrected chi connectivity index (χ2v) is 10.3. The second kappa shape index (κ2) is 10.9. The molecule has 2 heterocycles. The van der Waals surface area contributed by atoms with Crippen LogP contribution < -0.4 is 14.8 Å². The van der Waals surface area contributed by atoms with E-state index in [0.29, 0.717) is 37.5 Å². The summed E-state index contributed by atoms with van der Waals surface area (Å²) >= 11 is 0. The Hall–Kier alpha value is -3.43. The van der Waals surface area contributed by atoms with Crippen LogP contribution in [0, 0.1) is 0 Å². The lowest BCUT2D eigenvalue weighted by Gasteiger charge is -2.25. The number of aromatic nitrogens is 1. The molecule has 1 aliphatic rings. The Morgan fingerprint density at radius 2 is 1.86 bits per heavy atom. The summed E-state index contributed by atoms with van der Waals surface area (Å²) in [5, 5.41) is 2.97. The van der Waals surface area contributed by atoms with E-state index in [4.69, 9.17) is 9.47 Å². The molecule has 0 spiro atoms. The fourth-order valence-electron chi connectivity index (χ4n) is 4.12. The highest BCUT2D eigenvalue weighted by Crippen LogP contribution is 2.32. The van der Waals surface area contributed by atoms with Crippen LogP contribution in [0.3, 0.4) is 0 Å².